The number of fused-ring (bicyclic) bond motifs is 1. The number of hydrogen-bond donors (Lipinski definition) is 1. The first-order chi connectivity index (χ1) is 11.5. The molecule has 1 aliphatic rings. The Morgan fingerprint density at radius 1 is 1.42 bits per heavy atom. The average molecular weight is 348 g/mol. The van der Waals surface area contributed by atoms with Gasteiger partial charge in [0.15, 0.2) is 0 Å². The van der Waals surface area contributed by atoms with E-state index in [0.717, 1.165) is 5.56 Å². The van der Waals surface area contributed by atoms with Crippen molar-refractivity contribution in [3.8, 4) is 11.3 Å². The summed E-state index contributed by atoms with van der Waals surface area (Å²) in [6, 6.07) is 1.04. The highest BCUT2D eigenvalue weighted by atomic mass is 35.5. The third kappa shape index (κ3) is 2.39. The van der Waals surface area contributed by atoms with Crippen molar-refractivity contribution in [1.29, 1.82) is 0 Å². The number of rotatable bonds is 2. The van der Waals surface area contributed by atoms with Crippen LogP contribution in [0.5, 0.6) is 0 Å². The van der Waals surface area contributed by atoms with Crippen molar-refractivity contribution >= 4 is 22.5 Å². The molecule has 1 N–H and O–H groups in total. The van der Waals surface area contributed by atoms with E-state index in [1.807, 2.05) is 0 Å². The van der Waals surface area contributed by atoms with Crippen molar-refractivity contribution in [3.05, 3.63) is 40.3 Å². The van der Waals surface area contributed by atoms with Gasteiger partial charge in [0.25, 0.3) is 5.56 Å². The molecule has 9 heteroatoms. The Kier molecular flexibility index (Phi) is 3.60. The zero-order chi connectivity index (χ0) is 16.8. The first kappa shape index (κ1) is 15.3. The molecule has 1 fully saturated rings. The minimum atomic E-state index is -0.739. The molecule has 0 unspecified atom stereocenters. The van der Waals surface area contributed by atoms with Crippen LogP contribution in [-0.2, 0) is 11.8 Å². The van der Waals surface area contributed by atoms with Crippen LogP contribution in [0.1, 0.15) is 6.04 Å². The SMILES string of the molecule is Cn1cc(-c2nc(Cl)cc3c(=O)n([C@H]4COC[C@@H]4O)cnc23)cn1. The molecule has 0 aliphatic carbocycles. The lowest BCUT2D eigenvalue weighted by molar-refractivity contribution is 0.119. The fourth-order valence-electron chi connectivity index (χ4n) is 2.89. The van der Waals surface area contributed by atoms with Crippen LogP contribution in [-0.4, -0.2) is 48.7 Å². The van der Waals surface area contributed by atoms with E-state index >= 15 is 0 Å². The van der Waals surface area contributed by atoms with Crippen molar-refractivity contribution < 1.29 is 9.84 Å². The first-order valence-electron chi connectivity index (χ1n) is 7.37. The normalized spacial score (nSPS) is 20.8. The van der Waals surface area contributed by atoms with Crippen molar-refractivity contribution in [1.82, 2.24) is 24.3 Å². The predicted octanol–water partition coefficient (Wildman–Crippen LogP) is 0.778. The Bertz CT molecular complexity index is 983. The molecule has 2 atom stereocenters. The molecule has 3 aromatic heterocycles. The maximum absolute atomic E-state index is 12.9. The van der Waals surface area contributed by atoms with Crippen molar-refractivity contribution in [2.75, 3.05) is 13.2 Å². The highest BCUT2D eigenvalue weighted by Crippen LogP contribution is 2.26. The van der Waals surface area contributed by atoms with Gasteiger partial charge in [-0.2, -0.15) is 5.10 Å². The van der Waals surface area contributed by atoms with E-state index < -0.39 is 12.1 Å². The lowest BCUT2D eigenvalue weighted by atomic mass is 10.1. The van der Waals surface area contributed by atoms with Crippen LogP contribution in [0.3, 0.4) is 0 Å². The second kappa shape index (κ2) is 5.66. The van der Waals surface area contributed by atoms with Gasteiger partial charge in [-0.3, -0.25) is 14.0 Å². The van der Waals surface area contributed by atoms with Crippen LogP contribution >= 0.6 is 11.6 Å². The van der Waals surface area contributed by atoms with Gasteiger partial charge in [-0.15, -0.1) is 0 Å². The van der Waals surface area contributed by atoms with Gasteiger partial charge in [-0.25, -0.2) is 9.97 Å². The summed E-state index contributed by atoms with van der Waals surface area (Å²) in [4.78, 5) is 21.5. The third-order valence-corrected chi connectivity index (χ3v) is 4.29. The number of hydrogen-bond acceptors (Lipinski definition) is 6. The van der Waals surface area contributed by atoms with Crippen LogP contribution in [0, 0.1) is 0 Å². The molecular formula is C15H14ClN5O3. The Labute approximate surface area is 141 Å². The smallest absolute Gasteiger partial charge is 0.261 e. The molecule has 0 amide bonds. The van der Waals surface area contributed by atoms with Gasteiger partial charge in [0.05, 0.1) is 37.2 Å². The maximum Gasteiger partial charge on any atom is 0.261 e. The van der Waals surface area contributed by atoms with E-state index in [9.17, 15) is 9.90 Å². The summed E-state index contributed by atoms with van der Waals surface area (Å²) in [6.07, 6.45) is 4.10. The number of ether oxygens (including phenoxy) is 1. The summed E-state index contributed by atoms with van der Waals surface area (Å²) in [5.41, 5.74) is 1.38. The van der Waals surface area contributed by atoms with E-state index in [0.29, 0.717) is 16.6 Å². The second-order valence-corrected chi connectivity index (χ2v) is 6.11. The van der Waals surface area contributed by atoms with Crippen LogP contribution < -0.4 is 5.56 Å². The molecule has 1 saturated heterocycles. The largest absolute Gasteiger partial charge is 0.388 e. The quantitative estimate of drug-likeness (QED) is 0.688. The molecule has 0 bridgehead atoms. The van der Waals surface area contributed by atoms with Crippen molar-refractivity contribution in [2.24, 2.45) is 7.05 Å². The summed E-state index contributed by atoms with van der Waals surface area (Å²) in [7, 11) is 1.79. The number of aryl methyl sites for hydroxylation is 1. The summed E-state index contributed by atoms with van der Waals surface area (Å²) >= 11 is 6.10. The number of aliphatic hydroxyl groups is 1. The Morgan fingerprint density at radius 3 is 2.92 bits per heavy atom. The number of halogens is 1. The molecule has 1 aliphatic heterocycles. The molecular weight excluding hydrogens is 334 g/mol. The molecule has 0 radical (unpaired) electrons. The van der Waals surface area contributed by atoms with Gasteiger partial charge in [0.1, 0.15) is 22.5 Å². The fourth-order valence-corrected chi connectivity index (χ4v) is 3.08. The number of aromatic nitrogens is 5. The summed E-state index contributed by atoms with van der Waals surface area (Å²) in [5.74, 6) is 0. The average Bonchev–Trinajstić information content (AvgIpc) is 3.16. The Hall–Kier alpha value is -2.29. The molecule has 4 heterocycles. The van der Waals surface area contributed by atoms with E-state index in [2.05, 4.69) is 15.1 Å². The molecule has 0 aromatic carbocycles. The highest BCUT2D eigenvalue weighted by Gasteiger charge is 2.29. The number of pyridine rings is 1. The molecule has 3 aromatic rings. The standard InChI is InChI=1S/C15H14ClN5O3/c1-20-4-8(3-18-20)13-14-9(2-12(16)19-13)15(23)21(7-17-14)10-5-24-6-11(10)22/h2-4,7,10-11,22H,5-6H2,1H3/t10-,11-/m0/s1. The predicted molar refractivity (Wildman–Crippen MR) is 86.9 cm³/mol. The fraction of sp³-hybridized carbons (Fsp3) is 0.333. The first-order valence-corrected chi connectivity index (χ1v) is 7.74. The van der Waals surface area contributed by atoms with Gasteiger partial charge < -0.3 is 9.84 Å². The van der Waals surface area contributed by atoms with Gasteiger partial charge >= 0.3 is 0 Å². The van der Waals surface area contributed by atoms with Gasteiger partial charge in [0, 0.05) is 18.8 Å². The maximum atomic E-state index is 12.9. The minimum absolute atomic E-state index is 0.196. The van der Waals surface area contributed by atoms with Crippen LogP contribution in [0.2, 0.25) is 5.15 Å². The molecule has 4 rings (SSSR count). The van der Waals surface area contributed by atoms with E-state index in [4.69, 9.17) is 16.3 Å². The summed E-state index contributed by atoms with van der Waals surface area (Å²) in [5, 5.41) is 14.6. The van der Waals surface area contributed by atoms with Crippen molar-refractivity contribution in [3.63, 3.8) is 0 Å². The van der Waals surface area contributed by atoms with Crippen LogP contribution in [0.4, 0.5) is 0 Å². The third-order valence-electron chi connectivity index (χ3n) is 4.09. The molecule has 8 nitrogen and oxygen atoms in total. The lowest BCUT2D eigenvalue weighted by Crippen LogP contribution is -2.31. The summed E-state index contributed by atoms with van der Waals surface area (Å²) < 4.78 is 8.25. The lowest BCUT2D eigenvalue weighted by Gasteiger charge is -2.16. The Morgan fingerprint density at radius 2 is 2.25 bits per heavy atom. The van der Waals surface area contributed by atoms with Gasteiger partial charge in [-0.05, 0) is 6.07 Å². The topological polar surface area (TPSA) is 95.1 Å². The molecule has 124 valence electrons. The van der Waals surface area contributed by atoms with Gasteiger partial charge in [0.2, 0.25) is 0 Å². The van der Waals surface area contributed by atoms with E-state index in [-0.39, 0.29) is 23.9 Å². The number of aliphatic hydroxyl groups excluding tert-OH is 1. The second-order valence-electron chi connectivity index (χ2n) is 5.72. The molecule has 0 saturated carbocycles. The zero-order valence-corrected chi connectivity index (χ0v) is 13.5. The van der Waals surface area contributed by atoms with Crippen LogP contribution in [0.25, 0.3) is 22.2 Å². The van der Waals surface area contributed by atoms with Crippen LogP contribution in [0.15, 0.2) is 29.6 Å². The monoisotopic (exact) mass is 347 g/mol. The van der Waals surface area contributed by atoms with Gasteiger partial charge in [-0.1, -0.05) is 11.6 Å². The summed E-state index contributed by atoms with van der Waals surface area (Å²) in [6.45, 7) is 0.468. The minimum Gasteiger partial charge on any atom is -0.388 e. The molecule has 0 spiro atoms. The van der Waals surface area contributed by atoms with Crippen molar-refractivity contribution in [2.45, 2.75) is 12.1 Å². The van der Waals surface area contributed by atoms with E-state index in [1.165, 1.54) is 17.0 Å². The zero-order valence-electron chi connectivity index (χ0n) is 12.8. The van der Waals surface area contributed by atoms with E-state index in [1.54, 1.807) is 24.1 Å². The highest BCUT2D eigenvalue weighted by molar-refractivity contribution is 6.30. The number of nitrogens with zero attached hydrogens (tertiary/aromatic N) is 5. The Balaban J connectivity index is 1.95. The molecule has 24 heavy (non-hydrogen) atoms.